The lowest BCUT2D eigenvalue weighted by Crippen LogP contribution is -2.40. The number of para-hydroxylation sites is 1. The van der Waals surface area contributed by atoms with Gasteiger partial charge in [0, 0.05) is 50.3 Å². The highest BCUT2D eigenvalue weighted by atomic mass is 16.5. The monoisotopic (exact) mass is 409 g/mol. The van der Waals surface area contributed by atoms with E-state index in [9.17, 15) is 4.79 Å². The van der Waals surface area contributed by atoms with Gasteiger partial charge < -0.3 is 19.9 Å². The number of nitrogens with one attached hydrogen (secondary N) is 1. The van der Waals surface area contributed by atoms with Crippen LogP contribution in [0.5, 0.6) is 5.75 Å². The van der Waals surface area contributed by atoms with Crippen LogP contribution in [0, 0.1) is 5.92 Å². The molecule has 2 saturated heterocycles. The number of methoxy groups -OCH3 is 1. The summed E-state index contributed by atoms with van der Waals surface area (Å²) in [4.78, 5) is 26.3. The zero-order valence-electron chi connectivity index (χ0n) is 17.7. The van der Waals surface area contributed by atoms with E-state index in [-0.39, 0.29) is 11.8 Å². The molecular weight excluding hydrogens is 378 g/mol. The minimum Gasteiger partial charge on any atom is -0.496 e. The lowest BCUT2D eigenvalue weighted by atomic mass is 9.95. The smallest absolute Gasteiger partial charge is 0.223 e. The number of benzene rings is 1. The number of hydrogen-bond acceptors (Lipinski definition) is 6. The normalized spacial score (nSPS) is 17.6. The number of nitrogens with zero attached hydrogens (tertiary/aromatic N) is 4. The van der Waals surface area contributed by atoms with Gasteiger partial charge in [-0.05, 0) is 38.2 Å². The molecule has 0 saturated carbocycles. The van der Waals surface area contributed by atoms with Gasteiger partial charge in [0.15, 0.2) is 0 Å². The van der Waals surface area contributed by atoms with Crippen molar-refractivity contribution >= 4 is 17.5 Å². The van der Waals surface area contributed by atoms with Crippen LogP contribution >= 0.6 is 0 Å². The molecule has 2 aliphatic rings. The van der Waals surface area contributed by atoms with Crippen molar-refractivity contribution in [1.82, 2.24) is 15.3 Å². The lowest BCUT2D eigenvalue weighted by Gasteiger charge is -2.33. The Kier molecular flexibility index (Phi) is 6.67. The van der Waals surface area contributed by atoms with Crippen LogP contribution in [0.2, 0.25) is 0 Å². The fourth-order valence-corrected chi connectivity index (χ4v) is 4.35. The van der Waals surface area contributed by atoms with E-state index in [4.69, 9.17) is 4.74 Å². The van der Waals surface area contributed by atoms with Crippen LogP contribution in [0.4, 0.5) is 11.6 Å². The minimum absolute atomic E-state index is 0.0411. The van der Waals surface area contributed by atoms with Crippen molar-refractivity contribution in [2.75, 3.05) is 43.1 Å². The molecular formula is C23H31N5O2. The molecule has 0 unspecified atom stereocenters. The third-order valence-electron chi connectivity index (χ3n) is 6.15. The largest absolute Gasteiger partial charge is 0.496 e. The van der Waals surface area contributed by atoms with E-state index in [1.165, 1.54) is 19.3 Å². The number of piperidine rings is 2. The first-order valence-electron chi connectivity index (χ1n) is 11.0. The molecule has 1 N–H and O–H groups in total. The molecule has 7 heteroatoms. The van der Waals surface area contributed by atoms with Gasteiger partial charge >= 0.3 is 0 Å². The van der Waals surface area contributed by atoms with E-state index in [0.29, 0.717) is 6.54 Å². The molecule has 4 rings (SSSR count). The van der Waals surface area contributed by atoms with Gasteiger partial charge in [0.25, 0.3) is 0 Å². The standard InChI is InChI=1S/C23H31N5O2/c1-30-20-8-4-3-7-19(20)16-24-23(29)18-9-13-28(14-10-18)22-15-21(25-17-26-22)27-11-5-2-6-12-27/h3-4,7-8,15,17-18H,2,5-6,9-14,16H2,1H3,(H,24,29). The Hall–Kier alpha value is -2.83. The molecule has 2 aromatic rings. The predicted molar refractivity (Wildman–Crippen MR) is 118 cm³/mol. The molecule has 0 radical (unpaired) electrons. The number of carbonyl (C=O) groups is 1. The summed E-state index contributed by atoms with van der Waals surface area (Å²) in [7, 11) is 1.65. The van der Waals surface area contributed by atoms with Crippen LogP contribution in [0.1, 0.15) is 37.7 Å². The average Bonchev–Trinajstić information content (AvgIpc) is 2.83. The number of rotatable bonds is 6. The molecule has 0 atom stereocenters. The molecule has 0 spiro atoms. The fraction of sp³-hybridized carbons (Fsp3) is 0.522. The number of aromatic nitrogens is 2. The van der Waals surface area contributed by atoms with Gasteiger partial charge in [0.05, 0.1) is 7.11 Å². The van der Waals surface area contributed by atoms with E-state index in [0.717, 1.165) is 62.0 Å². The van der Waals surface area contributed by atoms with Gasteiger partial charge in [-0.1, -0.05) is 18.2 Å². The first-order chi connectivity index (χ1) is 14.7. The van der Waals surface area contributed by atoms with E-state index in [2.05, 4.69) is 31.2 Å². The molecule has 2 aliphatic heterocycles. The second kappa shape index (κ2) is 9.78. The van der Waals surface area contributed by atoms with Gasteiger partial charge in [-0.2, -0.15) is 0 Å². The summed E-state index contributed by atoms with van der Waals surface area (Å²) in [5, 5.41) is 3.08. The molecule has 1 aromatic carbocycles. The number of amides is 1. The number of hydrogen-bond donors (Lipinski definition) is 1. The summed E-state index contributed by atoms with van der Waals surface area (Å²) >= 11 is 0. The number of anilines is 2. The molecule has 30 heavy (non-hydrogen) atoms. The van der Waals surface area contributed by atoms with E-state index >= 15 is 0 Å². The van der Waals surface area contributed by atoms with E-state index < -0.39 is 0 Å². The van der Waals surface area contributed by atoms with Gasteiger partial charge in [-0.3, -0.25) is 4.79 Å². The highest BCUT2D eigenvalue weighted by molar-refractivity contribution is 5.79. The number of carbonyl (C=O) groups excluding carboxylic acids is 1. The summed E-state index contributed by atoms with van der Waals surface area (Å²) < 4.78 is 5.37. The molecule has 0 bridgehead atoms. The molecule has 7 nitrogen and oxygen atoms in total. The molecule has 1 amide bonds. The van der Waals surface area contributed by atoms with Crippen molar-refractivity contribution in [3.8, 4) is 5.75 Å². The summed E-state index contributed by atoms with van der Waals surface area (Å²) in [6, 6.07) is 9.90. The van der Waals surface area contributed by atoms with Gasteiger partial charge in [0.1, 0.15) is 23.7 Å². The topological polar surface area (TPSA) is 70.6 Å². The summed E-state index contributed by atoms with van der Waals surface area (Å²) in [6.07, 6.45) is 7.11. The quantitative estimate of drug-likeness (QED) is 0.791. The van der Waals surface area contributed by atoms with Crippen LogP contribution < -0.4 is 19.9 Å². The Balaban J connectivity index is 1.30. The maximum atomic E-state index is 12.7. The van der Waals surface area contributed by atoms with Crippen LogP contribution in [-0.2, 0) is 11.3 Å². The van der Waals surface area contributed by atoms with Crippen molar-refractivity contribution in [2.24, 2.45) is 5.92 Å². The Labute approximate surface area is 178 Å². The summed E-state index contributed by atoms with van der Waals surface area (Å²) in [5.41, 5.74) is 0.997. The number of ether oxygens (including phenoxy) is 1. The van der Waals surface area contributed by atoms with Gasteiger partial charge in [-0.25, -0.2) is 9.97 Å². The SMILES string of the molecule is COc1ccccc1CNC(=O)C1CCN(c2cc(N3CCCCC3)ncn2)CC1. The van der Waals surface area contributed by atoms with Crippen molar-refractivity contribution in [3.63, 3.8) is 0 Å². The Bertz CT molecular complexity index is 845. The third kappa shape index (κ3) is 4.83. The first kappa shape index (κ1) is 20.4. The molecule has 2 fully saturated rings. The van der Waals surface area contributed by atoms with Crippen LogP contribution in [0.3, 0.4) is 0 Å². The summed E-state index contributed by atoms with van der Waals surface area (Å²) in [5.74, 6) is 2.97. The molecule has 1 aromatic heterocycles. The Morgan fingerprint density at radius 3 is 2.40 bits per heavy atom. The molecule has 160 valence electrons. The van der Waals surface area contributed by atoms with Crippen molar-refractivity contribution < 1.29 is 9.53 Å². The van der Waals surface area contributed by atoms with Crippen molar-refractivity contribution in [3.05, 3.63) is 42.2 Å². The predicted octanol–water partition coefficient (Wildman–Crippen LogP) is 3.01. The highest BCUT2D eigenvalue weighted by Crippen LogP contribution is 2.25. The highest BCUT2D eigenvalue weighted by Gasteiger charge is 2.26. The van der Waals surface area contributed by atoms with Crippen LogP contribution in [-0.4, -0.2) is 49.2 Å². The van der Waals surface area contributed by atoms with Gasteiger partial charge in [0.2, 0.25) is 5.91 Å². The third-order valence-corrected chi connectivity index (χ3v) is 6.15. The lowest BCUT2D eigenvalue weighted by molar-refractivity contribution is -0.125. The van der Waals surface area contributed by atoms with Crippen molar-refractivity contribution in [1.29, 1.82) is 0 Å². The van der Waals surface area contributed by atoms with E-state index in [1.807, 2.05) is 24.3 Å². The zero-order valence-corrected chi connectivity index (χ0v) is 17.7. The zero-order chi connectivity index (χ0) is 20.8. The minimum atomic E-state index is 0.0411. The van der Waals surface area contributed by atoms with E-state index in [1.54, 1.807) is 13.4 Å². The maximum Gasteiger partial charge on any atom is 0.223 e. The van der Waals surface area contributed by atoms with Gasteiger partial charge in [-0.15, -0.1) is 0 Å². The maximum absolute atomic E-state index is 12.7. The van der Waals surface area contributed by atoms with Crippen LogP contribution in [0.15, 0.2) is 36.7 Å². The first-order valence-corrected chi connectivity index (χ1v) is 11.0. The Morgan fingerprint density at radius 2 is 1.70 bits per heavy atom. The van der Waals surface area contributed by atoms with Crippen molar-refractivity contribution in [2.45, 2.75) is 38.6 Å². The molecule has 0 aliphatic carbocycles. The average molecular weight is 410 g/mol. The fourth-order valence-electron chi connectivity index (χ4n) is 4.35. The van der Waals surface area contributed by atoms with Crippen LogP contribution in [0.25, 0.3) is 0 Å². The molecule has 3 heterocycles. The Morgan fingerprint density at radius 1 is 1.03 bits per heavy atom. The summed E-state index contributed by atoms with van der Waals surface area (Å²) in [6.45, 7) is 4.32. The second-order valence-corrected chi connectivity index (χ2v) is 8.07. The second-order valence-electron chi connectivity index (χ2n) is 8.07.